The Labute approximate surface area is 186 Å². The maximum atomic E-state index is 14.2. The molecule has 0 aromatic heterocycles. The minimum atomic E-state index is -4.95. The summed E-state index contributed by atoms with van der Waals surface area (Å²) in [6, 6.07) is 4.25. The van der Waals surface area contributed by atoms with E-state index in [4.69, 9.17) is 14.2 Å². The molecule has 6 nitrogen and oxygen atoms in total. The predicted octanol–water partition coefficient (Wildman–Crippen LogP) is 5.67. The van der Waals surface area contributed by atoms with Crippen molar-refractivity contribution in [3.8, 4) is 11.5 Å². The molecule has 1 fully saturated rings. The minimum absolute atomic E-state index is 0.0102. The van der Waals surface area contributed by atoms with Crippen LogP contribution in [0, 0.1) is 11.6 Å². The zero-order valence-corrected chi connectivity index (χ0v) is 17.9. The van der Waals surface area contributed by atoms with Crippen molar-refractivity contribution in [2.45, 2.75) is 25.8 Å². The molecule has 12 heteroatoms. The van der Waals surface area contributed by atoms with Crippen LogP contribution < -0.4 is 10.1 Å². The highest BCUT2D eigenvalue weighted by atomic mass is 79.9. The monoisotopic (exact) mass is 521 g/mol. The number of carbonyl (C=O) groups excluding carboxylic acids is 2. The van der Waals surface area contributed by atoms with Gasteiger partial charge >= 0.3 is 18.1 Å². The Kier molecular flexibility index (Phi) is 6.18. The molecule has 2 aromatic carbocycles. The predicted molar refractivity (Wildman–Crippen MR) is 104 cm³/mol. The van der Waals surface area contributed by atoms with Gasteiger partial charge in [0.2, 0.25) is 0 Å². The largest absolute Gasteiger partial charge is 0.449 e. The van der Waals surface area contributed by atoms with Crippen molar-refractivity contribution in [2.75, 3.05) is 5.32 Å². The molecule has 0 bridgehead atoms. The molecule has 0 amide bonds. The second-order valence-electron chi connectivity index (χ2n) is 6.89. The molecule has 1 aliphatic heterocycles. The van der Waals surface area contributed by atoms with Crippen LogP contribution in [0.4, 0.5) is 27.6 Å². The number of esters is 2. The molecule has 0 saturated carbocycles. The first-order valence-corrected chi connectivity index (χ1v) is 9.53. The van der Waals surface area contributed by atoms with Gasteiger partial charge in [0.25, 0.3) is 5.79 Å². The van der Waals surface area contributed by atoms with Gasteiger partial charge in [-0.25, -0.2) is 18.4 Å². The van der Waals surface area contributed by atoms with Crippen molar-refractivity contribution in [3.63, 3.8) is 0 Å². The molecule has 0 aliphatic carbocycles. The van der Waals surface area contributed by atoms with Crippen LogP contribution in [-0.4, -0.2) is 17.7 Å². The van der Waals surface area contributed by atoms with E-state index in [1.165, 1.54) is 32.0 Å². The van der Waals surface area contributed by atoms with Crippen LogP contribution in [0.25, 0.3) is 0 Å². The molecular weight excluding hydrogens is 509 g/mol. The van der Waals surface area contributed by atoms with E-state index in [1.807, 2.05) is 0 Å². The first-order valence-electron chi connectivity index (χ1n) is 8.74. The van der Waals surface area contributed by atoms with Crippen molar-refractivity contribution in [2.24, 2.45) is 0 Å². The van der Waals surface area contributed by atoms with E-state index >= 15 is 0 Å². The Hall–Kier alpha value is -3.15. The van der Waals surface area contributed by atoms with Crippen LogP contribution in [0.1, 0.15) is 19.4 Å². The molecule has 32 heavy (non-hydrogen) atoms. The van der Waals surface area contributed by atoms with Crippen molar-refractivity contribution >= 4 is 33.6 Å². The van der Waals surface area contributed by atoms with Gasteiger partial charge in [0, 0.05) is 24.5 Å². The van der Waals surface area contributed by atoms with Crippen LogP contribution in [0.5, 0.6) is 11.5 Å². The summed E-state index contributed by atoms with van der Waals surface area (Å²) in [5, 5.41) is 2.56. The summed E-state index contributed by atoms with van der Waals surface area (Å²) < 4.78 is 82.0. The lowest BCUT2D eigenvalue weighted by Crippen LogP contribution is -2.42. The fourth-order valence-electron chi connectivity index (χ4n) is 2.56. The smallest absolute Gasteiger partial charge is 0.416 e. The van der Waals surface area contributed by atoms with E-state index in [0.717, 1.165) is 6.20 Å². The number of benzene rings is 2. The lowest BCUT2D eigenvalue weighted by Gasteiger charge is -2.29. The number of rotatable bonds is 4. The van der Waals surface area contributed by atoms with E-state index in [-0.39, 0.29) is 23.6 Å². The Morgan fingerprint density at radius 2 is 1.59 bits per heavy atom. The van der Waals surface area contributed by atoms with Crippen LogP contribution >= 0.6 is 15.9 Å². The van der Waals surface area contributed by atoms with E-state index in [2.05, 4.69) is 21.2 Å². The van der Waals surface area contributed by atoms with Gasteiger partial charge in [0.15, 0.2) is 28.7 Å². The lowest BCUT2D eigenvalue weighted by molar-refractivity contribution is -0.222. The summed E-state index contributed by atoms with van der Waals surface area (Å²) >= 11 is 3.17. The maximum Gasteiger partial charge on any atom is 0.416 e. The Morgan fingerprint density at radius 1 is 1.03 bits per heavy atom. The van der Waals surface area contributed by atoms with Gasteiger partial charge in [0.05, 0.1) is 11.3 Å². The van der Waals surface area contributed by atoms with Gasteiger partial charge in [-0.3, -0.25) is 0 Å². The van der Waals surface area contributed by atoms with Gasteiger partial charge in [-0.2, -0.15) is 13.2 Å². The van der Waals surface area contributed by atoms with Crippen LogP contribution in [-0.2, 0) is 25.2 Å². The SMILES string of the molecule is CC1(C)OC(=O)C(=CNc2cc(Br)ccc2Oc2c(F)cc(C(F)(F)F)cc2F)C(=O)O1. The third-order valence-corrected chi connectivity index (χ3v) is 4.46. The standard InChI is InChI=1S/C20H13BrF5NO5/c1-19(2)31-17(28)11(18(29)32-19)8-27-14-7-10(21)3-4-15(14)30-16-12(22)5-9(6-13(16)23)20(24,25)26/h3-8,27H,1-2H3. The van der Waals surface area contributed by atoms with Crippen molar-refractivity contribution in [1.29, 1.82) is 0 Å². The highest BCUT2D eigenvalue weighted by Gasteiger charge is 2.39. The van der Waals surface area contributed by atoms with Gasteiger partial charge < -0.3 is 19.5 Å². The zero-order chi connectivity index (χ0) is 23.8. The lowest BCUT2D eigenvalue weighted by atomic mass is 10.2. The fraction of sp³-hybridized carbons (Fsp3) is 0.200. The summed E-state index contributed by atoms with van der Waals surface area (Å²) in [5.41, 5.74) is -2.01. The van der Waals surface area contributed by atoms with E-state index in [0.29, 0.717) is 4.47 Å². The third kappa shape index (κ3) is 5.18. The maximum absolute atomic E-state index is 14.2. The third-order valence-electron chi connectivity index (χ3n) is 3.97. The molecule has 1 saturated heterocycles. The number of cyclic esters (lactones) is 2. The molecule has 1 aliphatic rings. The summed E-state index contributed by atoms with van der Waals surface area (Å²) in [7, 11) is 0. The normalized spacial score (nSPS) is 15.7. The number of nitrogens with one attached hydrogen (secondary N) is 1. The summed E-state index contributed by atoms with van der Waals surface area (Å²) in [6.07, 6.45) is -4.01. The van der Waals surface area contributed by atoms with Crippen molar-refractivity contribution in [1.82, 2.24) is 0 Å². The van der Waals surface area contributed by atoms with E-state index in [9.17, 15) is 31.5 Å². The van der Waals surface area contributed by atoms with Gasteiger partial charge in [-0.1, -0.05) is 15.9 Å². The second-order valence-corrected chi connectivity index (χ2v) is 7.81. The minimum Gasteiger partial charge on any atom is -0.449 e. The highest BCUT2D eigenvalue weighted by Crippen LogP contribution is 2.38. The number of halogens is 6. The summed E-state index contributed by atoms with van der Waals surface area (Å²) in [4.78, 5) is 24.0. The number of hydrogen-bond acceptors (Lipinski definition) is 6. The summed E-state index contributed by atoms with van der Waals surface area (Å²) in [6.45, 7) is 2.72. The number of carbonyl (C=O) groups is 2. The van der Waals surface area contributed by atoms with E-state index < -0.39 is 52.4 Å². The van der Waals surface area contributed by atoms with Crippen molar-refractivity contribution < 1.29 is 45.8 Å². The molecule has 1 N–H and O–H groups in total. The molecule has 170 valence electrons. The number of anilines is 1. The molecule has 0 spiro atoms. The van der Waals surface area contributed by atoms with Crippen LogP contribution in [0.2, 0.25) is 0 Å². The molecule has 2 aromatic rings. The number of ether oxygens (including phenoxy) is 3. The first-order chi connectivity index (χ1) is 14.8. The topological polar surface area (TPSA) is 73.9 Å². The Morgan fingerprint density at radius 3 is 2.12 bits per heavy atom. The first kappa shape index (κ1) is 23.5. The molecule has 3 rings (SSSR count). The van der Waals surface area contributed by atoms with Gasteiger partial charge in [-0.05, 0) is 30.3 Å². The molecule has 0 unspecified atom stereocenters. The highest BCUT2D eigenvalue weighted by molar-refractivity contribution is 9.10. The molecule has 0 atom stereocenters. The summed E-state index contributed by atoms with van der Waals surface area (Å²) in [5.74, 6) is -7.85. The van der Waals surface area contributed by atoms with Gasteiger partial charge in [-0.15, -0.1) is 0 Å². The molecule has 1 heterocycles. The Bertz CT molecular complexity index is 1080. The Balaban J connectivity index is 1.92. The zero-order valence-electron chi connectivity index (χ0n) is 16.3. The van der Waals surface area contributed by atoms with Crippen LogP contribution in [0.15, 0.2) is 46.6 Å². The fourth-order valence-corrected chi connectivity index (χ4v) is 2.92. The van der Waals surface area contributed by atoms with Crippen LogP contribution in [0.3, 0.4) is 0 Å². The van der Waals surface area contributed by atoms with Crippen molar-refractivity contribution in [3.05, 3.63) is 63.8 Å². The number of alkyl halides is 3. The average molecular weight is 522 g/mol. The average Bonchev–Trinajstić information content (AvgIpc) is 2.63. The number of hydrogen-bond donors (Lipinski definition) is 1. The van der Waals surface area contributed by atoms with E-state index in [1.54, 1.807) is 0 Å². The molecular formula is C20H13BrF5NO5. The second kappa shape index (κ2) is 8.41. The molecule has 0 radical (unpaired) electrons. The quantitative estimate of drug-likeness (QED) is 0.242. The van der Waals surface area contributed by atoms with Gasteiger partial charge in [0.1, 0.15) is 0 Å².